The maximum Gasteiger partial charge on any atom is 0.229 e. The van der Waals surface area contributed by atoms with Crippen molar-refractivity contribution in [3.63, 3.8) is 0 Å². The van der Waals surface area contributed by atoms with Crippen LogP contribution in [0.2, 0.25) is 0 Å². The Morgan fingerprint density at radius 2 is 2.00 bits per heavy atom. The van der Waals surface area contributed by atoms with Crippen molar-refractivity contribution in [2.75, 3.05) is 0 Å². The molecule has 0 spiro atoms. The largest absolute Gasteiger partial charge is 0.467 e. The molecule has 26 heavy (non-hydrogen) atoms. The number of para-hydroxylation sites is 1. The molecule has 0 N–H and O–H groups in total. The van der Waals surface area contributed by atoms with Crippen LogP contribution in [0, 0.1) is 6.92 Å². The molecule has 0 aliphatic carbocycles. The molecule has 0 saturated heterocycles. The first-order chi connectivity index (χ1) is 12.7. The summed E-state index contributed by atoms with van der Waals surface area (Å²) in [6, 6.07) is 15.4. The lowest BCUT2D eigenvalue weighted by atomic mass is 10.1. The first-order valence-corrected chi connectivity index (χ1v) is 9.19. The fourth-order valence-electron chi connectivity index (χ4n) is 2.90. The lowest BCUT2D eigenvalue weighted by molar-refractivity contribution is -0.132. The maximum absolute atomic E-state index is 13.0. The average molecular weight is 366 g/mol. The second-order valence-corrected chi connectivity index (χ2v) is 7.52. The minimum absolute atomic E-state index is 0.00786. The third-order valence-corrected chi connectivity index (χ3v) is 5.18. The molecule has 1 amide bonds. The molecule has 4 aromatic rings. The van der Waals surface area contributed by atoms with Crippen LogP contribution in [0.15, 0.2) is 63.7 Å². The molecule has 0 unspecified atom stereocenters. The van der Waals surface area contributed by atoms with E-state index in [0.717, 1.165) is 16.0 Å². The van der Waals surface area contributed by atoms with Crippen molar-refractivity contribution in [2.24, 2.45) is 0 Å². The van der Waals surface area contributed by atoms with E-state index in [1.54, 1.807) is 22.5 Å². The van der Waals surface area contributed by atoms with Gasteiger partial charge in [0.25, 0.3) is 0 Å². The van der Waals surface area contributed by atoms with Crippen molar-refractivity contribution in [2.45, 2.75) is 26.4 Å². The first-order valence-electron chi connectivity index (χ1n) is 8.38. The number of fused-ring (bicyclic) bond motifs is 1. The first kappa shape index (κ1) is 16.6. The molecule has 3 aromatic heterocycles. The Kier molecular flexibility index (Phi) is 4.58. The molecule has 0 bridgehead atoms. The molecule has 1 aromatic carbocycles. The van der Waals surface area contributed by atoms with E-state index in [4.69, 9.17) is 8.94 Å². The van der Waals surface area contributed by atoms with Crippen LogP contribution in [0.1, 0.15) is 21.2 Å². The molecule has 3 heterocycles. The zero-order valence-electron chi connectivity index (χ0n) is 14.3. The van der Waals surface area contributed by atoms with E-state index in [2.05, 4.69) is 24.2 Å². The number of aryl methyl sites for hydroxylation is 1. The van der Waals surface area contributed by atoms with Gasteiger partial charge in [-0.15, -0.1) is 11.3 Å². The normalized spacial score (nSPS) is 11.1. The molecular formula is C20H18N2O3S. The molecular weight excluding hydrogens is 348 g/mol. The predicted molar refractivity (Wildman–Crippen MR) is 99.7 cm³/mol. The number of aromatic nitrogens is 1. The summed E-state index contributed by atoms with van der Waals surface area (Å²) in [5.74, 6) is 0.753. The summed E-state index contributed by atoms with van der Waals surface area (Å²) in [5, 5.41) is 4.96. The Morgan fingerprint density at radius 3 is 2.77 bits per heavy atom. The van der Waals surface area contributed by atoms with Gasteiger partial charge in [0.05, 0.1) is 25.8 Å². The Bertz CT molecular complexity index is 1020. The smallest absolute Gasteiger partial charge is 0.229 e. The lowest BCUT2D eigenvalue weighted by Gasteiger charge is -2.20. The predicted octanol–water partition coefficient (Wildman–Crippen LogP) is 4.56. The molecule has 0 radical (unpaired) electrons. The van der Waals surface area contributed by atoms with Crippen LogP contribution in [0.4, 0.5) is 0 Å². The van der Waals surface area contributed by atoms with Gasteiger partial charge in [0, 0.05) is 15.1 Å². The standard InChI is InChI=1S/C20H18N2O3S/c1-14-8-9-16(26-14)13-22(12-15-5-4-10-24-15)20(23)11-18-17-6-2-3-7-19(17)25-21-18/h2-10H,11-13H2,1H3. The van der Waals surface area contributed by atoms with Gasteiger partial charge in [-0.2, -0.15) is 0 Å². The fraction of sp³-hybridized carbons (Fsp3) is 0.200. The van der Waals surface area contributed by atoms with Crippen molar-refractivity contribution < 1.29 is 13.7 Å². The van der Waals surface area contributed by atoms with Gasteiger partial charge in [0.15, 0.2) is 5.58 Å². The van der Waals surface area contributed by atoms with E-state index in [1.807, 2.05) is 36.4 Å². The summed E-state index contributed by atoms with van der Waals surface area (Å²) in [6.45, 7) is 3.04. The van der Waals surface area contributed by atoms with Crippen molar-refractivity contribution >= 4 is 28.2 Å². The van der Waals surface area contributed by atoms with Gasteiger partial charge in [0.2, 0.25) is 5.91 Å². The number of carbonyl (C=O) groups is 1. The molecule has 5 nitrogen and oxygen atoms in total. The molecule has 4 rings (SSSR count). The second kappa shape index (κ2) is 7.17. The number of rotatable bonds is 6. The minimum Gasteiger partial charge on any atom is -0.467 e. The summed E-state index contributed by atoms with van der Waals surface area (Å²) in [6.07, 6.45) is 1.82. The molecule has 0 saturated carbocycles. The quantitative estimate of drug-likeness (QED) is 0.502. The van der Waals surface area contributed by atoms with Crippen molar-refractivity contribution in [3.8, 4) is 0 Å². The SMILES string of the molecule is Cc1ccc(CN(Cc2ccco2)C(=O)Cc2noc3ccccc23)s1. The highest BCUT2D eigenvalue weighted by molar-refractivity contribution is 7.11. The number of benzene rings is 1. The third-order valence-electron chi connectivity index (χ3n) is 4.19. The number of furan rings is 1. The fourth-order valence-corrected chi connectivity index (χ4v) is 3.81. The van der Waals surface area contributed by atoms with E-state index in [0.29, 0.717) is 24.4 Å². The minimum atomic E-state index is -0.00786. The average Bonchev–Trinajstić information content (AvgIpc) is 3.37. The Labute approximate surface area is 154 Å². The summed E-state index contributed by atoms with van der Waals surface area (Å²) < 4.78 is 10.8. The lowest BCUT2D eigenvalue weighted by Crippen LogP contribution is -2.31. The highest BCUT2D eigenvalue weighted by atomic mass is 32.1. The van der Waals surface area contributed by atoms with Crippen LogP contribution in [0.25, 0.3) is 11.0 Å². The van der Waals surface area contributed by atoms with E-state index >= 15 is 0 Å². The zero-order valence-corrected chi connectivity index (χ0v) is 15.2. The van der Waals surface area contributed by atoms with E-state index < -0.39 is 0 Å². The summed E-state index contributed by atoms with van der Waals surface area (Å²) in [5.41, 5.74) is 1.36. The second-order valence-electron chi connectivity index (χ2n) is 6.14. The third kappa shape index (κ3) is 3.55. The van der Waals surface area contributed by atoms with Gasteiger partial charge >= 0.3 is 0 Å². The molecule has 0 atom stereocenters. The highest BCUT2D eigenvalue weighted by Gasteiger charge is 2.20. The van der Waals surface area contributed by atoms with Crippen LogP contribution < -0.4 is 0 Å². The van der Waals surface area contributed by atoms with Gasteiger partial charge in [-0.3, -0.25) is 4.79 Å². The van der Waals surface area contributed by atoms with Crippen molar-refractivity contribution in [3.05, 3.63) is 76.0 Å². The Balaban J connectivity index is 1.56. The molecule has 0 aliphatic heterocycles. The van der Waals surface area contributed by atoms with Gasteiger partial charge in [0.1, 0.15) is 11.5 Å². The van der Waals surface area contributed by atoms with Gasteiger partial charge in [-0.25, -0.2) is 0 Å². The molecule has 0 fully saturated rings. The Morgan fingerprint density at radius 1 is 1.12 bits per heavy atom. The topological polar surface area (TPSA) is 59.5 Å². The van der Waals surface area contributed by atoms with Crippen molar-refractivity contribution in [1.82, 2.24) is 10.1 Å². The van der Waals surface area contributed by atoms with Crippen LogP contribution in [0.5, 0.6) is 0 Å². The monoisotopic (exact) mass is 366 g/mol. The molecule has 0 aliphatic rings. The van der Waals surface area contributed by atoms with Gasteiger partial charge in [-0.1, -0.05) is 17.3 Å². The zero-order chi connectivity index (χ0) is 17.9. The Hall–Kier alpha value is -2.86. The number of thiophene rings is 1. The molecule has 6 heteroatoms. The van der Waals surface area contributed by atoms with E-state index in [1.165, 1.54) is 4.88 Å². The van der Waals surface area contributed by atoms with Gasteiger partial charge < -0.3 is 13.8 Å². The summed E-state index contributed by atoms with van der Waals surface area (Å²) >= 11 is 1.70. The van der Waals surface area contributed by atoms with E-state index in [-0.39, 0.29) is 12.3 Å². The number of carbonyl (C=O) groups excluding carboxylic acids is 1. The molecule has 132 valence electrons. The van der Waals surface area contributed by atoms with Crippen LogP contribution in [-0.2, 0) is 24.3 Å². The van der Waals surface area contributed by atoms with Crippen LogP contribution in [0.3, 0.4) is 0 Å². The summed E-state index contributed by atoms with van der Waals surface area (Å²) in [4.78, 5) is 17.2. The number of amides is 1. The highest BCUT2D eigenvalue weighted by Crippen LogP contribution is 2.22. The number of hydrogen-bond acceptors (Lipinski definition) is 5. The summed E-state index contributed by atoms with van der Waals surface area (Å²) in [7, 11) is 0. The van der Waals surface area contributed by atoms with Crippen molar-refractivity contribution in [1.29, 1.82) is 0 Å². The maximum atomic E-state index is 13.0. The van der Waals surface area contributed by atoms with Crippen LogP contribution >= 0.6 is 11.3 Å². The van der Waals surface area contributed by atoms with E-state index in [9.17, 15) is 4.79 Å². The number of nitrogens with zero attached hydrogens (tertiary/aromatic N) is 2. The van der Waals surface area contributed by atoms with Gasteiger partial charge in [-0.05, 0) is 43.3 Å². The van der Waals surface area contributed by atoms with Crippen LogP contribution in [-0.4, -0.2) is 16.0 Å². The number of hydrogen-bond donors (Lipinski definition) is 0.